The van der Waals surface area contributed by atoms with Crippen molar-refractivity contribution in [2.45, 2.75) is 12.6 Å². The lowest BCUT2D eigenvalue weighted by Gasteiger charge is -2.20. The SMILES string of the molecule is CN(Cc1ccco1)C(=O)[C@H](N)c1ccccc1. The van der Waals surface area contributed by atoms with Crippen LogP contribution >= 0.6 is 0 Å². The van der Waals surface area contributed by atoms with Gasteiger partial charge >= 0.3 is 0 Å². The number of likely N-dealkylation sites (N-methyl/N-ethyl adjacent to an activating group) is 1. The van der Waals surface area contributed by atoms with E-state index in [-0.39, 0.29) is 5.91 Å². The zero-order chi connectivity index (χ0) is 13.0. The van der Waals surface area contributed by atoms with E-state index in [9.17, 15) is 4.79 Å². The normalized spacial score (nSPS) is 12.1. The number of carbonyl (C=O) groups excluding carboxylic acids is 1. The largest absolute Gasteiger partial charge is 0.467 e. The van der Waals surface area contributed by atoms with Crippen LogP contribution < -0.4 is 5.73 Å². The summed E-state index contributed by atoms with van der Waals surface area (Å²) in [5, 5.41) is 0. The monoisotopic (exact) mass is 244 g/mol. The predicted octanol–water partition coefficient (Wildman–Crippen LogP) is 1.94. The molecule has 1 amide bonds. The second-order valence-corrected chi connectivity index (χ2v) is 4.16. The van der Waals surface area contributed by atoms with Crippen LogP contribution in [0.4, 0.5) is 0 Å². The molecule has 2 N–H and O–H groups in total. The Morgan fingerprint density at radius 1 is 1.28 bits per heavy atom. The first kappa shape index (κ1) is 12.4. The van der Waals surface area contributed by atoms with Crippen LogP contribution in [0.15, 0.2) is 53.1 Å². The molecule has 4 heteroatoms. The number of furan rings is 1. The summed E-state index contributed by atoms with van der Waals surface area (Å²) in [4.78, 5) is 13.7. The maximum absolute atomic E-state index is 12.1. The Labute approximate surface area is 106 Å². The Bertz CT molecular complexity index is 494. The molecule has 94 valence electrons. The molecular formula is C14H16N2O2. The van der Waals surface area contributed by atoms with Gasteiger partial charge in [0.25, 0.3) is 0 Å². The summed E-state index contributed by atoms with van der Waals surface area (Å²) in [7, 11) is 1.72. The van der Waals surface area contributed by atoms with Crippen molar-refractivity contribution in [1.29, 1.82) is 0 Å². The molecule has 0 aliphatic carbocycles. The van der Waals surface area contributed by atoms with Gasteiger partial charge in [-0.25, -0.2) is 0 Å². The highest BCUT2D eigenvalue weighted by Crippen LogP contribution is 2.13. The van der Waals surface area contributed by atoms with E-state index in [2.05, 4.69) is 0 Å². The number of carbonyl (C=O) groups is 1. The molecular weight excluding hydrogens is 228 g/mol. The molecule has 18 heavy (non-hydrogen) atoms. The molecule has 0 bridgehead atoms. The number of benzene rings is 1. The molecule has 0 fully saturated rings. The van der Waals surface area contributed by atoms with Gasteiger partial charge in [0.1, 0.15) is 11.8 Å². The fourth-order valence-electron chi connectivity index (χ4n) is 1.75. The van der Waals surface area contributed by atoms with E-state index < -0.39 is 6.04 Å². The van der Waals surface area contributed by atoms with Crippen LogP contribution in [-0.4, -0.2) is 17.9 Å². The minimum absolute atomic E-state index is 0.127. The van der Waals surface area contributed by atoms with Crippen molar-refractivity contribution >= 4 is 5.91 Å². The molecule has 0 saturated carbocycles. The van der Waals surface area contributed by atoms with Gasteiger partial charge in [-0.15, -0.1) is 0 Å². The third-order valence-corrected chi connectivity index (χ3v) is 2.77. The number of nitrogens with two attached hydrogens (primary N) is 1. The molecule has 0 spiro atoms. The topological polar surface area (TPSA) is 59.5 Å². The van der Waals surface area contributed by atoms with E-state index in [0.717, 1.165) is 11.3 Å². The average molecular weight is 244 g/mol. The zero-order valence-corrected chi connectivity index (χ0v) is 10.2. The molecule has 1 heterocycles. The standard InChI is InChI=1S/C14H16N2O2/c1-16(10-12-8-5-9-18-12)14(17)13(15)11-6-3-2-4-7-11/h2-9,13H,10,15H2,1H3/t13-/m1/s1. The number of nitrogens with zero attached hydrogens (tertiary/aromatic N) is 1. The van der Waals surface area contributed by atoms with Gasteiger partial charge in [-0.3, -0.25) is 4.79 Å². The van der Waals surface area contributed by atoms with Crippen molar-refractivity contribution < 1.29 is 9.21 Å². The lowest BCUT2D eigenvalue weighted by molar-refractivity contribution is -0.132. The Morgan fingerprint density at radius 2 is 2.00 bits per heavy atom. The number of rotatable bonds is 4. The predicted molar refractivity (Wildman–Crippen MR) is 68.6 cm³/mol. The van der Waals surface area contributed by atoms with Crippen molar-refractivity contribution in [1.82, 2.24) is 4.90 Å². The molecule has 4 nitrogen and oxygen atoms in total. The van der Waals surface area contributed by atoms with E-state index in [1.54, 1.807) is 24.3 Å². The van der Waals surface area contributed by atoms with Crippen LogP contribution in [0, 0.1) is 0 Å². The van der Waals surface area contributed by atoms with Gasteiger partial charge in [0, 0.05) is 7.05 Å². The first-order valence-corrected chi connectivity index (χ1v) is 5.76. The highest BCUT2D eigenvalue weighted by Gasteiger charge is 2.20. The Hall–Kier alpha value is -2.07. The first-order chi connectivity index (χ1) is 8.68. The van der Waals surface area contributed by atoms with E-state index in [0.29, 0.717) is 6.54 Å². The van der Waals surface area contributed by atoms with Gasteiger partial charge in [-0.2, -0.15) is 0 Å². The van der Waals surface area contributed by atoms with Gasteiger partial charge in [0.2, 0.25) is 5.91 Å². The minimum Gasteiger partial charge on any atom is -0.467 e. The molecule has 1 aromatic heterocycles. The third kappa shape index (κ3) is 2.78. The van der Waals surface area contributed by atoms with Gasteiger partial charge in [0.15, 0.2) is 0 Å². The second-order valence-electron chi connectivity index (χ2n) is 4.16. The van der Waals surface area contributed by atoms with E-state index in [4.69, 9.17) is 10.2 Å². The Kier molecular flexibility index (Phi) is 3.79. The van der Waals surface area contributed by atoms with E-state index >= 15 is 0 Å². The fourth-order valence-corrected chi connectivity index (χ4v) is 1.75. The smallest absolute Gasteiger partial charge is 0.244 e. The van der Waals surface area contributed by atoms with Gasteiger partial charge < -0.3 is 15.1 Å². The summed E-state index contributed by atoms with van der Waals surface area (Å²) in [6.07, 6.45) is 1.59. The van der Waals surface area contributed by atoms with Crippen molar-refractivity contribution in [2.75, 3.05) is 7.05 Å². The van der Waals surface area contributed by atoms with Gasteiger partial charge in [0.05, 0.1) is 12.8 Å². The van der Waals surface area contributed by atoms with Crippen LogP contribution in [0.3, 0.4) is 0 Å². The van der Waals surface area contributed by atoms with Crippen LogP contribution in [0.25, 0.3) is 0 Å². The average Bonchev–Trinajstić information content (AvgIpc) is 2.91. The molecule has 1 atom stereocenters. The highest BCUT2D eigenvalue weighted by molar-refractivity contribution is 5.82. The van der Waals surface area contributed by atoms with Crippen LogP contribution in [0.2, 0.25) is 0 Å². The number of amides is 1. The minimum atomic E-state index is -0.633. The van der Waals surface area contributed by atoms with Crippen molar-refractivity contribution in [2.24, 2.45) is 5.73 Å². The second kappa shape index (κ2) is 5.51. The van der Waals surface area contributed by atoms with Gasteiger partial charge in [-0.1, -0.05) is 30.3 Å². The van der Waals surface area contributed by atoms with Crippen molar-refractivity contribution in [3.8, 4) is 0 Å². The summed E-state index contributed by atoms with van der Waals surface area (Å²) in [5.74, 6) is 0.615. The molecule has 0 radical (unpaired) electrons. The quantitative estimate of drug-likeness (QED) is 0.894. The van der Waals surface area contributed by atoms with E-state index in [1.807, 2.05) is 36.4 Å². The van der Waals surface area contributed by atoms with Crippen molar-refractivity contribution in [3.63, 3.8) is 0 Å². The summed E-state index contributed by atoms with van der Waals surface area (Å²) >= 11 is 0. The van der Waals surface area contributed by atoms with E-state index in [1.165, 1.54) is 0 Å². The molecule has 0 saturated heterocycles. The summed E-state index contributed by atoms with van der Waals surface area (Å²) in [6.45, 7) is 0.423. The maximum atomic E-state index is 12.1. The number of hydrogen-bond donors (Lipinski definition) is 1. The molecule has 2 aromatic rings. The third-order valence-electron chi connectivity index (χ3n) is 2.77. The summed E-state index contributed by atoms with van der Waals surface area (Å²) < 4.78 is 5.21. The van der Waals surface area contributed by atoms with Crippen molar-refractivity contribution in [3.05, 3.63) is 60.1 Å². The molecule has 2 rings (SSSR count). The summed E-state index contributed by atoms with van der Waals surface area (Å²) in [5.41, 5.74) is 6.76. The van der Waals surface area contributed by atoms with Crippen LogP contribution in [0.5, 0.6) is 0 Å². The van der Waals surface area contributed by atoms with Gasteiger partial charge in [-0.05, 0) is 17.7 Å². The van der Waals surface area contributed by atoms with Crippen LogP contribution in [-0.2, 0) is 11.3 Å². The molecule has 1 aromatic carbocycles. The maximum Gasteiger partial charge on any atom is 0.244 e. The lowest BCUT2D eigenvalue weighted by atomic mass is 10.1. The first-order valence-electron chi connectivity index (χ1n) is 5.76. The highest BCUT2D eigenvalue weighted by atomic mass is 16.3. The molecule has 0 unspecified atom stereocenters. The number of hydrogen-bond acceptors (Lipinski definition) is 3. The fraction of sp³-hybridized carbons (Fsp3) is 0.214. The molecule has 0 aliphatic heterocycles. The Balaban J connectivity index is 2.02. The zero-order valence-electron chi connectivity index (χ0n) is 10.2. The Morgan fingerprint density at radius 3 is 2.61 bits per heavy atom. The van der Waals surface area contributed by atoms with Crippen LogP contribution in [0.1, 0.15) is 17.4 Å². The lowest BCUT2D eigenvalue weighted by Crippen LogP contribution is -2.35. The molecule has 0 aliphatic rings. The summed E-state index contributed by atoms with van der Waals surface area (Å²) in [6, 6.07) is 12.3.